The van der Waals surface area contributed by atoms with Gasteiger partial charge in [0.05, 0.1) is 42.2 Å². The van der Waals surface area contributed by atoms with E-state index in [2.05, 4.69) is 20.5 Å². The van der Waals surface area contributed by atoms with Crippen molar-refractivity contribution in [2.24, 2.45) is 0 Å². The minimum atomic E-state index is -0.279. The summed E-state index contributed by atoms with van der Waals surface area (Å²) in [6, 6.07) is 5.28. The fourth-order valence-electron chi connectivity index (χ4n) is 2.86. The van der Waals surface area contributed by atoms with E-state index < -0.39 is 0 Å². The van der Waals surface area contributed by atoms with E-state index in [4.69, 9.17) is 9.47 Å². The summed E-state index contributed by atoms with van der Waals surface area (Å²) < 4.78 is 11.1. The fourth-order valence-corrected chi connectivity index (χ4v) is 2.86. The van der Waals surface area contributed by atoms with Gasteiger partial charge in [-0.25, -0.2) is 4.98 Å². The van der Waals surface area contributed by atoms with E-state index in [9.17, 15) is 4.79 Å². The molecule has 1 aliphatic rings. The van der Waals surface area contributed by atoms with Crippen LogP contribution in [0.4, 0.5) is 11.4 Å². The monoisotopic (exact) mass is 339 g/mol. The lowest BCUT2D eigenvalue weighted by Gasteiger charge is -2.29. The second kappa shape index (κ2) is 5.97. The van der Waals surface area contributed by atoms with Crippen LogP contribution in [0.15, 0.2) is 30.6 Å². The molecule has 0 fully saturated rings. The van der Waals surface area contributed by atoms with Crippen LogP contribution in [0.25, 0.3) is 11.0 Å². The summed E-state index contributed by atoms with van der Waals surface area (Å²) in [5.41, 5.74) is 2.50. The lowest BCUT2D eigenvalue weighted by atomic mass is 10.1. The summed E-state index contributed by atoms with van der Waals surface area (Å²) in [5.74, 6) is 0.883. The van der Waals surface area contributed by atoms with Crippen LogP contribution in [0.3, 0.4) is 0 Å². The smallest absolute Gasteiger partial charge is 0.259 e. The Bertz CT molecular complexity index is 953. The molecule has 3 heterocycles. The third kappa shape index (κ3) is 2.61. The molecule has 0 radical (unpaired) electrons. The quantitative estimate of drug-likeness (QED) is 0.759. The summed E-state index contributed by atoms with van der Waals surface area (Å²) in [5, 5.41) is 10.4. The topological polar surface area (TPSA) is 92.4 Å². The van der Waals surface area contributed by atoms with Crippen LogP contribution in [-0.4, -0.2) is 48.4 Å². The third-order valence-corrected chi connectivity index (χ3v) is 4.21. The molecule has 8 heteroatoms. The number of likely N-dealkylation sites (N-methyl/N-ethyl adjacent to an activating group) is 1. The molecule has 0 saturated heterocycles. The van der Waals surface area contributed by atoms with Crippen molar-refractivity contribution in [3.63, 3.8) is 0 Å². The van der Waals surface area contributed by atoms with Gasteiger partial charge in [-0.1, -0.05) is 0 Å². The molecular formula is C17H17N5O3. The number of nitrogens with one attached hydrogen (secondary N) is 2. The molecule has 0 spiro atoms. The summed E-state index contributed by atoms with van der Waals surface area (Å²) in [7, 11) is 3.53. The largest absolute Gasteiger partial charge is 0.497 e. The van der Waals surface area contributed by atoms with Gasteiger partial charge in [0.1, 0.15) is 12.4 Å². The van der Waals surface area contributed by atoms with Crippen LogP contribution < -0.4 is 19.7 Å². The molecule has 4 rings (SSSR count). The number of aromatic nitrogens is 3. The number of rotatable bonds is 3. The SMILES string of the molecule is COc1cc(C(=O)Nc2ccnc3[nH]ncc23)c2c(c1)N(C)CCO2. The van der Waals surface area contributed by atoms with E-state index in [1.807, 2.05) is 18.0 Å². The predicted octanol–water partition coefficient (Wildman–Crippen LogP) is 2.05. The molecule has 0 bridgehead atoms. The molecule has 2 aromatic heterocycles. The second-order valence-corrected chi connectivity index (χ2v) is 5.74. The van der Waals surface area contributed by atoms with Crippen molar-refractivity contribution in [1.29, 1.82) is 0 Å². The average Bonchev–Trinajstić information content (AvgIpc) is 3.11. The van der Waals surface area contributed by atoms with Gasteiger partial charge in [-0.05, 0) is 12.1 Å². The van der Waals surface area contributed by atoms with E-state index in [0.717, 1.165) is 17.6 Å². The molecule has 0 saturated carbocycles. The molecule has 0 atom stereocenters. The molecule has 1 aromatic carbocycles. The van der Waals surface area contributed by atoms with Gasteiger partial charge in [-0.15, -0.1) is 0 Å². The number of methoxy groups -OCH3 is 1. The zero-order chi connectivity index (χ0) is 17.4. The van der Waals surface area contributed by atoms with Crippen molar-refractivity contribution >= 4 is 28.3 Å². The van der Waals surface area contributed by atoms with E-state index in [-0.39, 0.29) is 5.91 Å². The average molecular weight is 339 g/mol. The highest BCUT2D eigenvalue weighted by Crippen LogP contribution is 2.38. The maximum absolute atomic E-state index is 12.9. The van der Waals surface area contributed by atoms with Gasteiger partial charge >= 0.3 is 0 Å². The first kappa shape index (κ1) is 15.3. The molecule has 25 heavy (non-hydrogen) atoms. The molecule has 2 N–H and O–H groups in total. The number of H-pyrrole nitrogens is 1. The van der Waals surface area contributed by atoms with Gasteiger partial charge < -0.3 is 19.7 Å². The Kier molecular flexibility index (Phi) is 3.64. The number of hydrogen-bond acceptors (Lipinski definition) is 6. The number of benzene rings is 1. The highest BCUT2D eigenvalue weighted by molar-refractivity contribution is 6.10. The molecule has 0 unspecified atom stereocenters. The van der Waals surface area contributed by atoms with Gasteiger partial charge in [0, 0.05) is 19.3 Å². The molecule has 1 amide bonds. The first-order valence-electron chi connectivity index (χ1n) is 7.83. The molecular weight excluding hydrogens is 322 g/mol. The van der Waals surface area contributed by atoms with E-state index in [1.54, 1.807) is 31.6 Å². The van der Waals surface area contributed by atoms with Crippen molar-refractivity contribution < 1.29 is 14.3 Å². The van der Waals surface area contributed by atoms with E-state index >= 15 is 0 Å². The van der Waals surface area contributed by atoms with Gasteiger partial charge in [-0.2, -0.15) is 5.10 Å². The lowest BCUT2D eigenvalue weighted by Crippen LogP contribution is -2.30. The fraction of sp³-hybridized carbons (Fsp3) is 0.235. The summed E-state index contributed by atoms with van der Waals surface area (Å²) in [6.45, 7) is 1.28. The second-order valence-electron chi connectivity index (χ2n) is 5.74. The number of carbonyl (C=O) groups excluding carboxylic acids is 1. The van der Waals surface area contributed by atoms with Gasteiger partial charge in [0.25, 0.3) is 5.91 Å². The number of anilines is 2. The maximum Gasteiger partial charge on any atom is 0.259 e. The van der Waals surface area contributed by atoms with Crippen LogP contribution >= 0.6 is 0 Å². The van der Waals surface area contributed by atoms with Crippen molar-refractivity contribution in [3.05, 3.63) is 36.2 Å². The van der Waals surface area contributed by atoms with Crippen LogP contribution in [0, 0.1) is 0 Å². The third-order valence-electron chi connectivity index (χ3n) is 4.21. The molecule has 8 nitrogen and oxygen atoms in total. The molecule has 0 aliphatic carbocycles. The number of ether oxygens (including phenoxy) is 2. The van der Waals surface area contributed by atoms with Crippen molar-refractivity contribution in [2.75, 3.05) is 37.5 Å². The Morgan fingerprint density at radius 3 is 3.16 bits per heavy atom. The van der Waals surface area contributed by atoms with Crippen molar-refractivity contribution in [1.82, 2.24) is 15.2 Å². The Morgan fingerprint density at radius 1 is 1.44 bits per heavy atom. The molecule has 3 aromatic rings. The minimum absolute atomic E-state index is 0.279. The summed E-state index contributed by atoms with van der Waals surface area (Å²) >= 11 is 0. The lowest BCUT2D eigenvalue weighted by molar-refractivity contribution is 0.102. The maximum atomic E-state index is 12.9. The van der Waals surface area contributed by atoms with Crippen molar-refractivity contribution in [2.45, 2.75) is 0 Å². The van der Waals surface area contributed by atoms with Crippen molar-refractivity contribution in [3.8, 4) is 11.5 Å². The number of pyridine rings is 1. The number of carbonyl (C=O) groups is 1. The Hall–Kier alpha value is -3.29. The number of nitrogens with zero attached hydrogens (tertiary/aromatic N) is 3. The molecule has 1 aliphatic heterocycles. The van der Waals surface area contributed by atoms with Crippen LogP contribution in [0.2, 0.25) is 0 Å². The predicted molar refractivity (Wildman–Crippen MR) is 93.6 cm³/mol. The molecule has 128 valence electrons. The van der Waals surface area contributed by atoms with E-state index in [0.29, 0.717) is 35.0 Å². The number of hydrogen-bond donors (Lipinski definition) is 2. The first-order chi connectivity index (χ1) is 12.2. The number of fused-ring (bicyclic) bond motifs is 2. The Labute approximate surface area is 143 Å². The highest BCUT2D eigenvalue weighted by Gasteiger charge is 2.24. The standard InChI is InChI=1S/C17H17N5O3/c1-22-5-6-25-15-11(7-10(24-2)8-14(15)22)17(23)20-13-3-4-18-16-12(13)9-19-21-16/h3-4,7-9H,5-6H2,1-2H3,(H2,18,19,20,21,23). The zero-order valence-corrected chi connectivity index (χ0v) is 13.9. The van der Waals surface area contributed by atoms with Crippen LogP contribution in [-0.2, 0) is 0 Å². The first-order valence-corrected chi connectivity index (χ1v) is 7.83. The minimum Gasteiger partial charge on any atom is -0.497 e. The van der Waals surface area contributed by atoms with Gasteiger partial charge in [-0.3, -0.25) is 9.89 Å². The van der Waals surface area contributed by atoms with Crippen LogP contribution in [0.1, 0.15) is 10.4 Å². The number of aromatic amines is 1. The number of amides is 1. The zero-order valence-electron chi connectivity index (χ0n) is 13.9. The van der Waals surface area contributed by atoms with E-state index in [1.165, 1.54) is 0 Å². The van der Waals surface area contributed by atoms with Gasteiger partial charge in [0.15, 0.2) is 11.4 Å². The van der Waals surface area contributed by atoms with Crippen LogP contribution in [0.5, 0.6) is 11.5 Å². The Balaban J connectivity index is 1.75. The summed E-state index contributed by atoms with van der Waals surface area (Å²) in [6.07, 6.45) is 3.24. The summed E-state index contributed by atoms with van der Waals surface area (Å²) in [4.78, 5) is 19.1. The van der Waals surface area contributed by atoms with Gasteiger partial charge in [0.2, 0.25) is 0 Å². The Morgan fingerprint density at radius 2 is 2.32 bits per heavy atom. The normalized spacial score (nSPS) is 13.3. The highest BCUT2D eigenvalue weighted by atomic mass is 16.5.